The minimum Gasteiger partial charge on any atom is -0.494 e. The van der Waals surface area contributed by atoms with Crippen molar-refractivity contribution in [2.24, 2.45) is 0 Å². The molecule has 29 heavy (non-hydrogen) atoms. The fraction of sp³-hybridized carbons (Fsp3) is 0.182. The number of ether oxygens (including phenoxy) is 1. The summed E-state index contributed by atoms with van der Waals surface area (Å²) >= 11 is 13.6. The predicted molar refractivity (Wildman–Crippen MR) is 121 cm³/mol. The van der Waals surface area contributed by atoms with Crippen molar-refractivity contribution in [1.29, 1.82) is 0 Å². The van der Waals surface area contributed by atoms with Gasteiger partial charge in [0.25, 0.3) is 5.56 Å². The van der Waals surface area contributed by atoms with Crippen LogP contribution in [-0.2, 0) is 6.54 Å². The molecule has 0 bridgehead atoms. The summed E-state index contributed by atoms with van der Waals surface area (Å²) in [4.78, 5) is 19.6. The second kappa shape index (κ2) is 8.19. The molecule has 0 unspecified atom stereocenters. The van der Waals surface area contributed by atoms with Crippen LogP contribution in [0.3, 0.4) is 0 Å². The fourth-order valence-electron chi connectivity index (χ4n) is 3.32. The molecule has 0 N–H and O–H groups in total. The van der Waals surface area contributed by atoms with E-state index < -0.39 is 0 Å². The second-order valence-electron chi connectivity index (χ2n) is 6.60. The molecule has 0 spiro atoms. The normalized spacial score (nSPS) is 11.2. The van der Waals surface area contributed by atoms with Gasteiger partial charge in [0.15, 0.2) is 0 Å². The number of nitrogens with zero attached hydrogens (tertiary/aromatic N) is 2. The number of thiophene rings is 1. The summed E-state index contributed by atoms with van der Waals surface area (Å²) in [6, 6.07) is 13.2. The van der Waals surface area contributed by atoms with Crippen molar-refractivity contribution in [3.63, 3.8) is 0 Å². The van der Waals surface area contributed by atoms with Crippen LogP contribution in [0, 0.1) is 6.92 Å². The van der Waals surface area contributed by atoms with Crippen LogP contribution in [0.1, 0.15) is 17.4 Å². The molecule has 0 aliphatic rings. The van der Waals surface area contributed by atoms with Crippen LogP contribution in [-0.4, -0.2) is 16.2 Å². The van der Waals surface area contributed by atoms with Crippen LogP contribution >= 0.6 is 34.5 Å². The lowest BCUT2D eigenvalue weighted by Crippen LogP contribution is -2.21. The number of hydrogen-bond donors (Lipinski definition) is 0. The van der Waals surface area contributed by atoms with Crippen LogP contribution in [0.5, 0.6) is 5.75 Å². The molecule has 0 aliphatic heterocycles. The van der Waals surface area contributed by atoms with Gasteiger partial charge in [-0.3, -0.25) is 9.36 Å². The van der Waals surface area contributed by atoms with E-state index in [1.165, 1.54) is 11.3 Å². The topological polar surface area (TPSA) is 44.1 Å². The Balaban J connectivity index is 1.80. The van der Waals surface area contributed by atoms with E-state index in [2.05, 4.69) is 4.98 Å². The quantitative estimate of drug-likeness (QED) is 0.368. The number of fused-ring (bicyclic) bond motifs is 1. The number of rotatable bonds is 5. The lowest BCUT2D eigenvalue weighted by molar-refractivity contribution is 0.340. The standard InChI is InChI=1S/C22H18Cl2N2O2S/c1-3-28-16-7-5-15(6-8-16)19-13(2)29-21-20(19)22(27)26(12-25-21)11-14-4-9-17(23)18(24)10-14/h4-10,12H,3,11H2,1-2H3. The molecule has 0 atom stereocenters. The van der Waals surface area contributed by atoms with E-state index in [-0.39, 0.29) is 5.56 Å². The second-order valence-corrected chi connectivity index (χ2v) is 8.61. The maximum absolute atomic E-state index is 13.3. The maximum atomic E-state index is 13.3. The van der Waals surface area contributed by atoms with Gasteiger partial charge in [-0.15, -0.1) is 11.3 Å². The van der Waals surface area contributed by atoms with E-state index in [9.17, 15) is 4.79 Å². The van der Waals surface area contributed by atoms with E-state index in [0.717, 1.165) is 32.1 Å². The average molecular weight is 445 g/mol. The van der Waals surface area contributed by atoms with Crippen LogP contribution in [0.25, 0.3) is 21.3 Å². The molecule has 0 saturated heterocycles. The molecule has 4 aromatic rings. The Kier molecular flexibility index (Phi) is 5.63. The third-order valence-corrected chi connectivity index (χ3v) is 6.40. The molecule has 0 radical (unpaired) electrons. The summed E-state index contributed by atoms with van der Waals surface area (Å²) in [5.41, 5.74) is 2.71. The molecule has 4 rings (SSSR count). The van der Waals surface area contributed by atoms with Crippen LogP contribution in [0.4, 0.5) is 0 Å². The third-order valence-electron chi connectivity index (χ3n) is 4.65. The van der Waals surface area contributed by atoms with Gasteiger partial charge in [0.1, 0.15) is 10.6 Å². The first kappa shape index (κ1) is 20.0. The lowest BCUT2D eigenvalue weighted by Gasteiger charge is -2.08. The minimum atomic E-state index is -0.0747. The molecule has 0 saturated carbocycles. The van der Waals surface area contributed by atoms with E-state index >= 15 is 0 Å². The Morgan fingerprint density at radius 1 is 1.10 bits per heavy atom. The van der Waals surface area contributed by atoms with Gasteiger partial charge < -0.3 is 4.74 Å². The third kappa shape index (κ3) is 3.90. The highest BCUT2D eigenvalue weighted by atomic mass is 35.5. The van der Waals surface area contributed by atoms with E-state index in [1.807, 2.05) is 44.2 Å². The Bertz CT molecular complexity index is 1250. The monoisotopic (exact) mass is 444 g/mol. The highest BCUT2D eigenvalue weighted by Crippen LogP contribution is 2.36. The van der Waals surface area contributed by atoms with Gasteiger partial charge in [-0.1, -0.05) is 41.4 Å². The molecule has 2 aromatic carbocycles. The Labute approximate surface area is 182 Å². The molecular weight excluding hydrogens is 427 g/mol. The highest BCUT2D eigenvalue weighted by molar-refractivity contribution is 7.19. The van der Waals surface area contributed by atoms with E-state index in [4.69, 9.17) is 27.9 Å². The van der Waals surface area contributed by atoms with E-state index in [0.29, 0.717) is 28.6 Å². The summed E-state index contributed by atoms with van der Waals surface area (Å²) in [6.07, 6.45) is 1.59. The van der Waals surface area contributed by atoms with Gasteiger partial charge in [-0.05, 0) is 49.2 Å². The van der Waals surface area contributed by atoms with Crippen LogP contribution in [0.2, 0.25) is 10.0 Å². The van der Waals surface area contributed by atoms with Crippen LogP contribution < -0.4 is 10.3 Å². The van der Waals surface area contributed by atoms with Crippen molar-refractivity contribution < 1.29 is 4.74 Å². The first-order chi connectivity index (χ1) is 14.0. The summed E-state index contributed by atoms with van der Waals surface area (Å²) in [6.45, 7) is 4.95. The van der Waals surface area contributed by atoms with Crippen molar-refractivity contribution in [3.8, 4) is 16.9 Å². The molecule has 0 amide bonds. The summed E-state index contributed by atoms with van der Waals surface area (Å²) in [5.74, 6) is 0.809. The largest absolute Gasteiger partial charge is 0.494 e. The van der Waals surface area contributed by atoms with Crippen LogP contribution in [0.15, 0.2) is 53.6 Å². The zero-order valence-corrected chi connectivity index (χ0v) is 18.2. The number of aromatic nitrogens is 2. The molecule has 2 aromatic heterocycles. The van der Waals surface area contributed by atoms with Crippen molar-refractivity contribution in [1.82, 2.24) is 9.55 Å². The Morgan fingerprint density at radius 2 is 1.86 bits per heavy atom. The molecule has 148 valence electrons. The van der Waals surface area contributed by atoms with Gasteiger partial charge in [0, 0.05) is 10.4 Å². The zero-order chi connectivity index (χ0) is 20.5. The lowest BCUT2D eigenvalue weighted by atomic mass is 10.0. The number of benzene rings is 2. The number of aryl methyl sites for hydroxylation is 1. The smallest absolute Gasteiger partial charge is 0.263 e. The Morgan fingerprint density at radius 3 is 2.55 bits per heavy atom. The van der Waals surface area contributed by atoms with Crippen molar-refractivity contribution in [2.45, 2.75) is 20.4 Å². The van der Waals surface area contributed by atoms with Gasteiger partial charge in [-0.2, -0.15) is 0 Å². The SMILES string of the molecule is CCOc1ccc(-c2c(C)sc3ncn(Cc4ccc(Cl)c(Cl)c4)c(=O)c23)cc1. The zero-order valence-electron chi connectivity index (χ0n) is 15.9. The molecule has 2 heterocycles. The number of hydrogen-bond acceptors (Lipinski definition) is 4. The van der Waals surface area contributed by atoms with Gasteiger partial charge in [0.2, 0.25) is 0 Å². The fourth-order valence-corrected chi connectivity index (χ4v) is 4.64. The predicted octanol–water partition coefficient (Wildman–Crippen LogP) is 6.19. The maximum Gasteiger partial charge on any atom is 0.263 e. The van der Waals surface area contributed by atoms with Crippen molar-refractivity contribution >= 4 is 44.8 Å². The molecular formula is C22H18Cl2N2O2S. The molecule has 0 fully saturated rings. The average Bonchev–Trinajstić information content (AvgIpc) is 3.04. The summed E-state index contributed by atoms with van der Waals surface area (Å²) in [7, 11) is 0. The molecule has 4 nitrogen and oxygen atoms in total. The first-order valence-corrected chi connectivity index (χ1v) is 10.7. The van der Waals surface area contributed by atoms with Gasteiger partial charge in [-0.25, -0.2) is 4.98 Å². The van der Waals surface area contributed by atoms with Gasteiger partial charge in [0.05, 0.1) is 34.9 Å². The summed E-state index contributed by atoms with van der Waals surface area (Å²) < 4.78 is 7.13. The van der Waals surface area contributed by atoms with Crippen molar-refractivity contribution in [3.05, 3.63) is 79.6 Å². The van der Waals surface area contributed by atoms with Gasteiger partial charge >= 0.3 is 0 Å². The summed E-state index contributed by atoms with van der Waals surface area (Å²) in [5, 5.41) is 1.59. The van der Waals surface area contributed by atoms with E-state index in [1.54, 1.807) is 23.0 Å². The number of halogens is 2. The molecule has 0 aliphatic carbocycles. The highest BCUT2D eigenvalue weighted by Gasteiger charge is 2.17. The first-order valence-electron chi connectivity index (χ1n) is 9.13. The molecule has 7 heteroatoms. The Hall–Kier alpha value is -2.34. The minimum absolute atomic E-state index is 0.0747. The van der Waals surface area contributed by atoms with Crippen molar-refractivity contribution in [2.75, 3.05) is 6.61 Å².